The molecule has 0 aliphatic carbocycles. The fraction of sp³-hybridized carbons (Fsp3) is 0.417. The van der Waals surface area contributed by atoms with Gasteiger partial charge in [-0.3, -0.25) is 4.79 Å². The van der Waals surface area contributed by atoms with Crippen LogP contribution in [0.25, 0.3) is 0 Å². The SMILES string of the molecule is CCNC(=NCc1ccc(C(C)(C)C)cc1)NCC1CC(=O)Nc2ccccc21.I. The van der Waals surface area contributed by atoms with Crippen molar-refractivity contribution in [3.8, 4) is 0 Å². The Kier molecular flexibility index (Phi) is 8.70. The zero-order valence-corrected chi connectivity index (χ0v) is 20.6. The molecule has 1 aliphatic rings. The van der Waals surface area contributed by atoms with Crippen LogP contribution in [0.2, 0.25) is 0 Å². The van der Waals surface area contributed by atoms with Gasteiger partial charge in [0.1, 0.15) is 0 Å². The van der Waals surface area contributed by atoms with Crippen molar-refractivity contribution in [1.82, 2.24) is 10.6 Å². The van der Waals surface area contributed by atoms with E-state index in [1.165, 1.54) is 16.7 Å². The first-order valence-corrected chi connectivity index (χ1v) is 10.4. The topological polar surface area (TPSA) is 65.5 Å². The number of aliphatic imine (C=N–C) groups is 1. The summed E-state index contributed by atoms with van der Waals surface area (Å²) in [5, 5.41) is 9.67. The summed E-state index contributed by atoms with van der Waals surface area (Å²) in [6.45, 7) is 10.8. The number of fused-ring (bicyclic) bond motifs is 1. The van der Waals surface area contributed by atoms with E-state index < -0.39 is 0 Å². The van der Waals surface area contributed by atoms with E-state index in [-0.39, 0.29) is 41.2 Å². The lowest BCUT2D eigenvalue weighted by molar-refractivity contribution is -0.116. The fourth-order valence-corrected chi connectivity index (χ4v) is 3.53. The zero-order valence-electron chi connectivity index (χ0n) is 18.3. The van der Waals surface area contributed by atoms with Gasteiger partial charge in [-0.05, 0) is 35.1 Å². The molecule has 2 aromatic carbocycles. The Labute approximate surface area is 197 Å². The van der Waals surface area contributed by atoms with Crippen molar-refractivity contribution in [2.75, 3.05) is 18.4 Å². The summed E-state index contributed by atoms with van der Waals surface area (Å²) < 4.78 is 0. The molecule has 1 heterocycles. The summed E-state index contributed by atoms with van der Waals surface area (Å²) in [6.07, 6.45) is 0.484. The molecule has 0 radical (unpaired) electrons. The van der Waals surface area contributed by atoms with E-state index in [0.29, 0.717) is 19.5 Å². The van der Waals surface area contributed by atoms with E-state index in [1.807, 2.05) is 18.2 Å². The Morgan fingerprint density at radius 3 is 2.47 bits per heavy atom. The number of guanidine groups is 1. The molecule has 0 bridgehead atoms. The lowest BCUT2D eigenvalue weighted by atomic mass is 9.87. The summed E-state index contributed by atoms with van der Waals surface area (Å²) in [5.41, 5.74) is 4.74. The van der Waals surface area contributed by atoms with Gasteiger partial charge in [-0.1, -0.05) is 63.2 Å². The molecule has 0 fully saturated rings. The minimum Gasteiger partial charge on any atom is -0.357 e. The molecule has 6 heteroatoms. The summed E-state index contributed by atoms with van der Waals surface area (Å²) in [7, 11) is 0. The van der Waals surface area contributed by atoms with E-state index in [2.05, 4.69) is 74.0 Å². The highest BCUT2D eigenvalue weighted by molar-refractivity contribution is 14.0. The van der Waals surface area contributed by atoms with Crippen molar-refractivity contribution in [3.05, 3.63) is 65.2 Å². The van der Waals surface area contributed by atoms with Gasteiger partial charge in [-0.2, -0.15) is 0 Å². The first-order valence-electron chi connectivity index (χ1n) is 10.4. The Bertz CT molecular complexity index is 872. The second-order valence-corrected chi connectivity index (χ2v) is 8.56. The quantitative estimate of drug-likeness (QED) is 0.302. The van der Waals surface area contributed by atoms with Gasteiger partial charge < -0.3 is 16.0 Å². The summed E-state index contributed by atoms with van der Waals surface area (Å²) in [4.78, 5) is 16.8. The number of benzene rings is 2. The summed E-state index contributed by atoms with van der Waals surface area (Å²) in [6, 6.07) is 16.7. The second kappa shape index (κ2) is 10.8. The van der Waals surface area contributed by atoms with Gasteiger partial charge in [-0.25, -0.2) is 4.99 Å². The van der Waals surface area contributed by atoms with E-state index in [0.717, 1.165) is 18.2 Å². The predicted molar refractivity (Wildman–Crippen MR) is 136 cm³/mol. The monoisotopic (exact) mass is 520 g/mol. The van der Waals surface area contributed by atoms with Gasteiger partial charge in [0, 0.05) is 31.1 Å². The Hall–Kier alpha value is -2.09. The maximum atomic E-state index is 12.0. The Morgan fingerprint density at radius 1 is 1.10 bits per heavy atom. The molecule has 1 unspecified atom stereocenters. The van der Waals surface area contributed by atoms with Gasteiger partial charge >= 0.3 is 0 Å². The van der Waals surface area contributed by atoms with E-state index in [9.17, 15) is 4.79 Å². The van der Waals surface area contributed by atoms with Crippen LogP contribution in [0.4, 0.5) is 5.69 Å². The van der Waals surface area contributed by atoms with Crippen LogP contribution in [-0.2, 0) is 16.8 Å². The average molecular weight is 520 g/mol. The maximum absolute atomic E-state index is 12.0. The number of hydrogen-bond acceptors (Lipinski definition) is 2. The van der Waals surface area contributed by atoms with Gasteiger partial charge in [-0.15, -0.1) is 24.0 Å². The minimum atomic E-state index is 0. The number of nitrogens with one attached hydrogen (secondary N) is 3. The van der Waals surface area contributed by atoms with Crippen LogP contribution in [0.1, 0.15) is 56.7 Å². The third-order valence-electron chi connectivity index (χ3n) is 5.21. The van der Waals surface area contributed by atoms with Crippen molar-refractivity contribution in [2.24, 2.45) is 4.99 Å². The highest BCUT2D eigenvalue weighted by Gasteiger charge is 2.24. The first-order chi connectivity index (χ1) is 13.9. The smallest absolute Gasteiger partial charge is 0.225 e. The molecule has 1 atom stereocenters. The molecule has 162 valence electrons. The van der Waals surface area contributed by atoms with Crippen LogP contribution in [0, 0.1) is 0 Å². The molecule has 0 saturated heterocycles. The lowest BCUT2D eigenvalue weighted by Crippen LogP contribution is -2.40. The standard InChI is InChI=1S/C24H32N4O.HI/c1-5-25-23(26-15-17-10-12-19(13-11-17)24(2,3)4)27-16-18-14-22(29)28-21-9-7-6-8-20(18)21;/h6-13,18H,5,14-16H2,1-4H3,(H,28,29)(H2,25,26,27);1H. The van der Waals surface area contributed by atoms with Crippen LogP contribution in [-0.4, -0.2) is 25.0 Å². The fourth-order valence-electron chi connectivity index (χ4n) is 3.53. The molecule has 0 aromatic heterocycles. The highest BCUT2D eigenvalue weighted by Crippen LogP contribution is 2.31. The van der Waals surface area contributed by atoms with Crippen LogP contribution < -0.4 is 16.0 Å². The van der Waals surface area contributed by atoms with Gasteiger partial charge in [0.05, 0.1) is 6.54 Å². The lowest BCUT2D eigenvalue weighted by Gasteiger charge is -2.26. The van der Waals surface area contributed by atoms with E-state index in [1.54, 1.807) is 0 Å². The maximum Gasteiger partial charge on any atom is 0.225 e. The average Bonchev–Trinajstić information content (AvgIpc) is 2.69. The number of carbonyl (C=O) groups is 1. The van der Waals surface area contributed by atoms with Gasteiger partial charge in [0.2, 0.25) is 5.91 Å². The molecular weight excluding hydrogens is 487 g/mol. The molecule has 0 saturated carbocycles. The van der Waals surface area contributed by atoms with Crippen molar-refractivity contribution in [1.29, 1.82) is 0 Å². The Balaban J connectivity index is 0.00000320. The van der Waals surface area contributed by atoms with Crippen LogP contribution in [0.5, 0.6) is 0 Å². The number of amides is 1. The van der Waals surface area contributed by atoms with Crippen LogP contribution in [0.3, 0.4) is 0 Å². The number of nitrogens with zero attached hydrogens (tertiary/aromatic N) is 1. The normalized spacial score (nSPS) is 16.2. The summed E-state index contributed by atoms with van der Waals surface area (Å²) in [5.74, 6) is 0.974. The number of para-hydroxylation sites is 1. The second-order valence-electron chi connectivity index (χ2n) is 8.56. The van der Waals surface area contributed by atoms with Gasteiger partial charge in [0.15, 0.2) is 5.96 Å². The first kappa shape index (κ1) is 24.2. The summed E-state index contributed by atoms with van der Waals surface area (Å²) >= 11 is 0. The number of halogens is 1. The zero-order chi connectivity index (χ0) is 20.9. The largest absolute Gasteiger partial charge is 0.357 e. The van der Waals surface area contributed by atoms with Crippen molar-refractivity contribution in [3.63, 3.8) is 0 Å². The van der Waals surface area contributed by atoms with E-state index >= 15 is 0 Å². The number of rotatable bonds is 5. The highest BCUT2D eigenvalue weighted by atomic mass is 127. The minimum absolute atomic E-state index is 0. The molecule has 3 rings (SSSR count). The van der Waals surface area contributed by atoms with E-state index in [4.69, 9.17) is 4.99 Å². The van der Waals surface area contributed by atoms with Gasteiger partial charge in [0.25, 0.3) is 0 Å². The van der Waals surface area contributed by atoms with Crippen LogP contribution >= 0.6 is 24.0 Å². The molecule has 5 nitrogen and oxygen atoms in total. The Morgan fingerprint density at radius 2 is 1.80 bits per heavy atom. The molecule has 3 N–H and O–H groups in total. The molecule has 0 spiro atoms. The third kappa shape index (κ3) is 6.45. The predicted octanol–water partition coefficient (Wildman–Crippen LogP) is 4.78. The number of anilines is 1. The number of hydrogen-bond donors (Lipinski definition) is 3. The third-order valence-corrected chi connectivity index (χ3v) is 5.21. The molecular formula is C24H33IN4O. The number of carbonyl (C=O) groups excluding carboxylic acids is 1. The van der Waals surface area contributed by atoms with Crippen molar-refractivity contribution in [2.45, 2.75) is 52.0 Å². The van der Waals surface area contributed by atoms with Crippen molar-refractivity contribution < 1.29 is 4.79 Å². The molecule has 1 amide bonds. The molecule has 1 aliphatic heterocycles. The van der Waals surface area contributed by atoms with Crippen molar-refractivity contribution >= 4 is 41.5 Å². The molecule has 2 aromatic rings. The van der Waals surface area contributed by atoms with Crippen LogP contribution in [0.15, 0.2) is 53.5 Å². The molecule has 30 heavy (non-hydrogen) atoms.